The number of hydrogen-bond acceptors (Lipinski definition) is 4. The summed E-state index contributed by atoms with van der Waals surface area (Å²) in [7, 11) is 1.66. The fraction of sp³-hybridized carbons (Fsp3) is 0.556. The Morgan fingerprint density at radius 2 is 1.79 bits per heavy atom. The lowest BCUT2D eigenvalue weighted by Gasteiger charge is -2.35. The number of anilines is 1. The fourth-order valence-electron chi connectivity index (χ4n) is 2.87. The fourth-order valence-corrected chi connectivity index (χ4v) is 2.87. The Morgan fingerprint density at radius 1 is 1.21 bits per heavy atom. The zero-order valence-corrected chi connectivity index (χ0v) is 14.9. The molecule has 1 N–H and O–H groups in total. The first-order valence-electron chi connectivity index (χ1n) is 8.32. The molecule has 1 aromatic carbocycles. The van der Waals surface area contributed by atoms with Crippen molar-refractivity contribution in [3.05, 3.63) is 29.8 Å². The normalized spacial score (nSPS) is 21.3. The van der Waals surface area contributed by atoms with Gasteiger partial charge in [-0.25, -0.2) is 0 Å². The van der Waals surface area contributed by atoms with Crippen LogP contribution in [0.1, 0.15) is 19.4 Å². The summed E-state index contributed by atoms with van der Waals surface area (Å²) in [6.07, 6.45) is 0.244. The maximum atomic E-state index is 12.3. The van der Waals surface area contributed by atoms with Gasteiger partial charge in [-0.3, -0.25) is 14.5 Å². The van der Waals surface area contributed by atoms with Crippen LogP contribution in [-0.2, 0) is 14.3 Å². The minimum Gasteiger partial charge on any atom is -0.373 e. The van der Waals surface area contributed by atoms with E-state index in [9.17, 15) is 9.59 Å². The standard InChI is InChI=1S/C18H27N3O3/c1-13-5-7-16(8-6-13)19-17(22)11-20(4)18(23)12-21-9-14(2)24-15(3)10-21/h5-8,14-15H,9-12H2,1-4H3,(H,19,22)/t14-,15+. The van der Waals surface area contributed by atoms with Gasteiger partial charge in [-0.05, 0) is 32.9 Å². The first kappa shape index (κ1) is 18.4. The van der Waals surface area contributed by atoms with E-state index >= 15 is 0 Å². The molecular weight excluding hydrogens is 306 g/mol. The average molecular weight is 333 g/mol. The lowest BCUT2D eigenvalue weighted by molar-refractivity contribution is -0.137. The van der Waals surface area contributed by atoms with Gasteiger partial charge in [-0.2, -0.15) is 0 Å². The summed E-state index contributed by atoms with van der Waals surface area (Å²) in [4.78, 5) is 27.9. The Balaban J connectivity index is 1.80. The van der Waals surface area contributed by atoms with Crippen LogP contribution in [0.5, 0.6) is 0 Å². The number of benzene rings is 1. The largest absolute Gasteiger partial charge is 0.373 e. The number of nitrogens with one attached hydrogen (secondary N) is 1. The second-order valence-corrected chi connectivity index (χ2v) is 6.62. The van der Waals surface area contributed by atoms with Crippen molar-refractivity contribution in [3.8, 4) is 0 Å². The second kappa shape index (κ2) is 8.26. The molecule has 1 aliphatic rings. The Labute approximate surface area is 143 Å². The topological polar surface area (TPSA) is 61.9 Å². The lowest BCUT2D eigenvalue weighted by atomic mass is 10.2. The van der Waals surface area contributed by atoms with Gasteiger partial charge in [0, 0.05) is 25.8 Å². The first-order valence-corrected chi connectivity index (χ1v) is 8.32. The molecule has 0 spiro atoms. The van der Waals surface area contributed by atoms with E-state index in [-0.39, 0.29) is 30.6 Å². The summed E-state index contributed by atoms with van der Waals surface area (Å²) in [6, 6.07) is 7.58. The maximum Gasteiger partial charge on any atom is 0.243 e. The van der Waals surface area contributed by atoms with Crippen LogP contribution < -0.4 is 5.32 Å². The summed E-state index contributed by atoms with van der Waals surface area (Å²) >= 11 is 0. The smallest absolute Gasteiger partial charge is 0.243 e. The Hall–Kier alpha value is -1.92. The van der Waals surface area contributed by atoms with E-state index < -0.39 is 0 Å². The quantitative estimate of drug-likeness (QED) is 0.887. The number of rotatable bonds is 5. The lowest BCUT2D eigenvalue weighted by Crippen LogP contribution is -2.50. The van der Waals surface area contributed by atoms with Gasteiger partial charge in [-0.15, -0.1) is 0 Å². The molecule has 0 bridgehead atoms. The van der Waals surface area contributed by atoms with Gasteiger partial charge in [0.15, 0.2) is 0 Å². The van der Waals surface area contributed by atoms with Crippen molar-refractivity contribution in [2.75, 3.05) is 38.5 Å². The van der Waals surface area contributed by atoms with Crippen LogP contribution >= 0.6 is 0 Å². The number of morpholine rings is 1. The molecule has 0 radical (unpaired) electrons. The van der Waals surface area contributed by atoms with E-state index in [1.54, 1.807) is 7.05 Å². The molecule has 1 heterocycles. The summed E-state index contributed by atoms with van der Waals surface area (Å²) in [5.41, 5.74) is 1.87. The van der Waals surface area contributed by atoms with Gasteiger partial charge in [0.1, 0.15) is 0 Å². The van der Waals surface area contributed by atoms with Crippen LogP contribution in [0.15, 0.2) is 24.3 Å². The molecule has 132 valence electrons. The highest BCUT2D eigenvalue weighted by Crippen LogP contribution is 2.11. The molecule has 1 aromatic rings. The summed E-state index contributed by atoms with van der Waals surface area (Å²) in [5, 5.41) is 2.81. The number of hydrogen-bond donors (Lipinski definition) is 1. The van der Waals surface area contributed by atoms with Crippen molar-refractivity contribution in [1.82, 2.24) is 9.80 Å². The van der Waals surface area contributed by atoms with Gasteiger partial charge in [0.2, 0.25) is 11.8 Å². The van der Waals surface area contributed by atoms with E-state index in [0.29, 0.717) is 6.54 Å². The highest BCUT2D eigenvalue weighted by molar-refractivity contribution is 5.94. The third-order valence-corrected chi connectivity index (χ3v) is 4.00. The van der Waals surface area contributed by atoms with Gasteiger partial charge < -0.3 is 15.0 Å². The minimum absolute atomic E-state index is 0.0438. The number of carbonyl (C=O) groups is 2. The SMILES string of the molecule is Cc1ccc(NC(=O)CN(C)C(=O)CN2C[C@@H](C)O[C@@H](C)C2)cc1. The highest BCUT2D eigenvalue weighted by atomic mass is 16.5. The first-order chi connectivity index (χ1) is 11.3. The number of carbonyl (C=O) groups excluding carboxylic acids is 2. The maximum absolute atomic E-state index is 12.3. The molecule has 1 aliphatic heterocycles. The molecule has 1 saturated heterocycles. The Kier molecular flexibility index (Phi) is 6.34. The number of amides is 2. The average Bonchev–Trinajstić information content (AvgIpc) is 2.48. The van der Waals surface area contributed by atoms with E-state index in [4.69, 9.17) is 4.74 Å². The second-order valence-electron chi connectivity index (χ2n) is 6.62. The molecule has 6 heteroatoms. The zero-order chi connectivity index (χ0) is 17.7. The molecule has 2 amide bonds. The van der Waals surface area contributed by atoms with Gasteiger partial charge in [-0.1, -0.05) is 17.7 Å². The molecular formula is C18H27N3O3. The highest BCUT2D eigenvalue weighted by Gasteiger charge is 2.25. The number of nitrogens with zero attached hydrogens (tertiary/aromatic N) is 2. The van der Waals surface area contributed by atoms with Crippen molar-refractivity contribution in [2.24, 2.45) is 0 Å². The minimum atomic E-state index is -0.196. The van der Waals surface area contributed by atoms with Crippen LogP contribution in [0.4, 0.5) is 5.69 Å². The summed E-state index contributed by atoms with van der Waals surface area (Å²) < 4.78 is 5.67. The third kappa shape index (κ3) is 5.62. The zero-order valence-electron chi connectivity index (χ0n) is 14.9. The molecule has 6 nitrogen and oxygen atoms in total. The molecule has 0 saturated carbocycles. The predicted molar refractivity (Wildman–Crippen MR) is 93.9 cm³/mol. The van der Waals surface area contributed by atoms with E-state index in [2.05, 4.69) is 10.2 Å². The predicted octanol–water partition coefficient (Wildman–Crippen LogP) is 1.50. The van der Waals surface area contributed by atoms with Crippen molar-refractivity contribution in [3.63, 3.8) is 0 Å². The Bertz CT molecular complexity index is 563. The van der Waals surface area contributed by atoms with Crippen molar-refractivity contribution < 1.29 is 14.3 Å². The Morgan fingerprint density at radius 3 is 2.38 bits per heavy atom. The van der Waals surface area contributed by atoms with Gasteiger partial charge in [0.25, 0.3) is 0 Å². The van der Waals surface area contributed by atoms with Crippen LogP contribution in [0.3, 0.4) is 0 Å². The third-order valence-electron chi connectivity index (χ3n) is 4.00. The van der Waals surface area contributed by atoms with E-state index in [1.165, 1.54) is 4.90 Å². The number of aryl methyl sites for hydroxylation is 1. The summed E-state index contributed by atoms with van der Waals surface area (Å²) in [5.74, 6) is -0.256. The molecule has 0 aliphatic carbocycles. The van der Waals surface area contributed by atoms with Gasteiger partial charge in [0.05, 0.1) is 25.3 Å². The van der Waals surface area contributed by atoms with E-state index in [1.807, 2.05) is 45.0 Å². The van der Waals surface area contributed by atoms with Gasteiger partial charge >= 0.3 is 0 Å². The number of ether oxygens (including phenoxy) is 1. The van der Waals surface area contributed by atoms with Crippen molar-refractivity contribution in [2.45, 2.75) is 33.0 Å². The van der Waals surface area contributed by atoms with Crippen molar-refractivity contribution >= 4 is 17.5 Å². The monoisotopic (exact) mass is 333 g/mol. The molecule has 2 atom stereocenters. The number of likely N-dealkylation sites (N-methyl/N-ethyl adjacent to an activating group) is 1. The molecule has 0 unspecified atom stereocenters. The molecule has 0 aromatic heterocycles. The van der Waals surface area contributed by atoms with Crippen molar-refractivity contribution in [1.29, 1.82) is 0 Å². The molecule has 24 heavy (non-hydrogen) atoms. The van der Waals surface area contributed by atoms with Crippen LogP contribution in [-0.4, -0.2) is 67.0 Å². The van der Waals surface area contributed by atoms with Crippen LogP contribution in [0.2, 0.25) is 0 Å². The molecule has 2 rings (SSSR count). The molecule has 1 fully saturated rings. The summed E-state index contributed by atoms with van der Waals surface area (Å²) in [6.45, 7) is 7.83. The van der Waals surface area contributed by atoms with Crippen LogP contribution in [0.25, 0.3) is 0 Å². The van der Waals surface area contributed by atoms with Crippen LogP contribution in [0, 0.1) is 6.92 Å². The van der Waals surface area contributed by atoms with E-state index in [0.717, 1.165) is 24.3 Å².